The minimum atomic E-state index is 0.118. The largest absolute Gasteiger partial charge is 0.471 e. The average molecular weight is 197 g/mol. The number of hydrogen-bond acceptors (Lipinski definition) is 4. The summed E-state index contributed by atoms with van der Waals surface area (Å²) in [5.74, 6) is 0.651. The highest BCUT2D eigenvalue weighted by Gasteiger charge is 2.21. The number of nitrogens with zero attached hydrogens (tertiary/aromatic N) is 2. The number of rotatable bonds is 2. The third-order valence-electron chi connectivity index (χ3n) is 2.38. The van der Waals surface area contributed by atoms with Crippen molar-refractivity contribution in [1.29, 1.82) is 0 Å². The van der Waals surface area contributed by atoms with Gasteiger partial charge in [0.15, 0.2) is 0 Å². The molecule has 0 amide bonds. The first-order valence-corrected chi connectivity index (χ1v) is 4.72. The molecular weight excluding hydrogens is 182 g/mol. The monoisotopic (exact) mass is 197 g/mol. The van der Waals surface area contributed by atoms with E-state index in [0.717, 1.165) is 18.7 Å². The lowest BCUT2D eigenvalue weighted by Gasteiger charge is -2.11. The normalized spacial score (nSPS) is 21.4. The molecule has 1 aromatic rings. The first-order chi connectivity index (χ1) is 6.68. The number of nitrogen functional groups attached to an aromatic ring is 1. The lowest BCUT2D eigenvalue weighted by molar-refractivity contribution is 0.135. The second kappa shape index (κ2) is 3.49. The maximum Gasteiger partial charge on any atom is 0.236 e. The Hall–Kier alpha value is -1.23. The van der Waals surface area contributed by atoms with Crippen LogP contribution in [0.25, 0.3) is 0 Å². The van der Waals surface area contributed by atoms with Crippen LogP contribution in [0.3, 0.4) is 0 Å². The molecule has 5 nitrogen and oxygen atoms in total. The summed E-state index contributed by atoms with van der Waals surface area (Å²) in [7, 11) is 1.83. The minimum Gasteiger partial charge on any atom is -0.471 e. The van der Waals surface area contributed by atoms with Gasteiger partial charge in [0, 0.05) is 13.5 Å². The Morgan fingerprint density at radius 3 is 2.93 bits per heavy atom. The average Bonchev–Trinajstić information content (AvgIpc) is 2.71. The van der Waals surface area contributed by atoms with Crippen LogP contribution in [0.2, 0.25) is 0 Å². The summed E-state index contributed by atoms with van der Waals surface area (Å²) in [4.78, 5) is 0. The van der Waals surface area contributed by atoms with Gasteiger partial charge in [-0.1, -0.05) is 0 Å². The van der Waals surface area contributed by atoms with Gasteiger partial charge in [0.2, 0.25) is 5.88 Å². The summed E-state index contributed by atoms with van der Waals surface area (Å²) in [6.07, 6.45) is 1.04. The first-order valence-electron chi connectivity index (χ1n) is 4.72. The topological polar surface area (TPSA) is 62.3 Å². The molecule has 14 heavy (non-hydrogen) atoms. The van der Waals surface area contributed by atoms with Gasteiger partial charge in [0.1, 0.15) is 11.8 Å². The van der Waals surface area contributed by atoms with Crippen molar-refractivity contribution in [2.75, 3.05) is 18.9 Å². The zero-order chi connectivity index (χ0) is 10.1. The fraction of sp³-hybridized carbons (Fsp3) is 0.667. The summed E-state index contributed by atoms with van der Waals surface area (Å²) in [6, 6.07) is 0. The predicted octanol–water partition coefficient (Wildman–Crippen LogP) is 0.478. The Bertz CT molecular complexity index is 329. The molecule has 0 radical (unpaired) electrons. The van der Waals surface area contributed by atoms with Crippen molar-refractivity contribution in [3.05, 3.63) is 5.69 Å². The molecule has 2 rings (SSSR count). The Morgan fingerprint density at radius 1 is 1.64 bits per heavy atom. The fourth-order valence-corrected chi connectivity index (χ4v) is 1.56. The van der Waals surface area contributed by atoms with E-state index in [2.05, 4.69) is 5.10 Å². The molecule has 1 aliphatic heterocycles. The SMILES string of the molecule is Cc1nn(C)c(OC2CCOC2)c1N. The van der Waals surface area contributed by atoms with Crippen LogP contribution in [0.15, 0.2) is 0 Å². The van der Waals surface area contributed by atoms with Gasteiger partial charge in [0.25, 0.3) is 0 Å². The molecule has 1 atom stereocenters. The number of aryl methyl sites for hydroxylation is 2. The highest BCUT2D eigenvalue weighted by atomic mass is 16.6. The third kappa shape index (κ3) is 1.55. The van der Waals surface area contributed by atoms with Crippen molar-refractivity contribution in [2.45, 2.75) is 19.4 Å². The van der Waals surface area contributed by atoms with Crippen LogP contribution in [0.4, 0.5) is 5.69 Å². The van der Waals surface area contributed by atoms with Crippen LogP contribution in [0.1, 0.15) is 12.1 Å². The highest BCUT2D eigenvalue weighted by Crippen LogP contribution is 2.26. The molecule has 1 aliphatic rings. The minimum absolute atomic E-state index is 0.118. The molecule has 1 fully saturated rings. The van der Waals surface area contributed by atoms with Crippen LogP contribution in [0, 0.1) is 6.92 Å². The van der Waals surface area contributed by atoms with Gasteiger partial charge in [-0.2, -0.15) is 5.10 Å². The van der Waals surface area contributed by atoms with Crippen molar-refractivity contribution in [3.8, 4) is 5.88 Å². The van der Waals surface area contributed by atoms with Crippen LogP contribution in [-0.2, 0) is 11.8 Å². The lowest BCUT2D eigenvalue weighted by atomic mass is 10.3. The Morgan fingerprint density at radius 2 is 2.43 bits per heavy atom. The highest BCUT2D eigenvalue weighted by molar-refractivity contribution is 5.52. The van der Waals surface area contributed by atoms with Gasteiger partial charge in [-0.15, -0.1) is 0 Å². The van der Waals surface area contributed by atoms with E-state index in [1.54, 1.807) is 4.68 Å². The summed E-state index contributed by atoms with van der Waals surface area (Å²) in [5.41, 5.74) is 7.26. The molecule has 2 N–H and O–H groups in total. The van der Waals surface area contributed by atoms with Crippen LogP contribution >= 0.6 is 0 Å². The lowest BCUT2D eigenvalue weighted by Crippen LogP contribution is -2.18. The van der Waals surface area contributed by atoms with E-state index in [-0.39, 0.29) is 6.10 Å². The van der Waals surface area contributed by atoms with Gasteiger partial charge < -0.3 is 15.2 Å². The van der Waals surface area contributed by atoms with Crippen molar-refractivity contribution >= 4 is 5.69 Å². The van der Waals surface area contributed by atoms with Gasteiger partial charge >= 0.3 is 0 Å². The molecule has 1 unspecified atom stereocenters. The van der Waals surface area contributed by atoms with Gasteiger partial charge in [-0.05, 0) is 6.92 Å². The third-order valence-corrected chi connectivity index (χ3v) is 2.38. The van der Waals surface area contributed by atoms with Crippen molar-refractivity contribution in [1.82, 2.24) is 9.78 Å². The fourth-order valence-electron chi connectivity index (χ4n) is 1.56. The van der Waals surface area contributed by atoms with E-state index < -0.39 is 0 Å². The molecule has 0 aromatic carbocycles. The number of ether oxygens (including phenoxy) is 2. The van der Waals surface area contributed by atoms with Crippen LogP contribution in [0.5, 0.6) is 5.88 Å². The summed E-state index contributed by atoms with van der Waals surface area (Å²) in [5, 5.41) is 4.18. The molecule has 0 bridgehead atoms. The standard InChI is InChI=1S/C9H15N3O2/c1-6-8(10)9(12(2)11-6)14-7-3-4-13-5-7/h7H,3-5,10H2,1-2H3. The van der Waals surface area contributed by atoms with E-state index >= 15 is 0 Å². The molecule has 78 valence electrons. The number of hydrogen-bond donors (Lipinski definition) is 1. The second-order valence-corrected chi connectivity index (χ2v) is 3.53. The maximum atomic E-state index is 5.83. The van der Waals surface area contributed by atoms with Crippen molar-refractivity contribution in [3.63, 3.8) is 0 Å². The second-order valence-electron chi connectivity index (χ2n) is 3.53. The Labute approximate surface area is 82.8 Å². The van der Waals surface area contributed by atoms with Crippen molar-refractivity contribution in [2.24, 2.45) is 7.05 Å². The maximum absolute atomic E-state index is 5.83. The van der Waals surface area contributed by atoms with Crippen LogP contribution in [-0.4, -0.2) is 29.1 Å². The molecule has 2 heterocycles. The Balaban J connectivity index is 2.14. The first kappa shape index (κ1) is 9.33. The molecule has 1 saturated heterocycles. The molecule has 1 aromatic heterocycles. The van der Waals surface area contributed by atoms with Gasteiger partial charge in [-0.3, -0.25) is 0 Å². The molecule has 0 spiro atoms. The van der Waals surface area contributed by atoms with Crippen molar-refractivity contribution < 1.29 is 9.47 Å². The predicted molar refractivity (Wildman–Crippen MR) is 52.2 cm³/mol. The zero-order valence-corrected chi connectivity index (χ0v) is 8.49. The molecule has 0 aliphatic carbocycles. The summed E-state index contributed by atoms with van der Waals surface area (Å²) in [6.45, 7) is 3.28. The van der Waals surface area contributed by atoms with E-state index in [1.807, 2.05) is 14.0 Å². The van der Waals surface area contributed by atoms with Gasteiger partial charge in [-0.25, -0.2) is 4.68 Å². The summed E-state index contributed by atoms with van der Waals surface area (Å²) < 4.78 is 12.6. The molecule has 0 saturated carbocycles. The van der Waals surface area contributed by atoms with E-state index in [9.17, 15) is 0 Å². The quantitative estimate of drug-likeness (QED) is 0.749. The smallest absolute Gasteiger partial charge is 0.236 e. The van der Waals surface area contributed by atoms with Crippen LogP contribution < -0.4 is 10.5 Å². The summed E-state index contributed by atoms with van der Waals surface area (Å²) >= 11 is 0. The Kier molecular flexibility index (Phi) is 2.33. The number of anilines is 1. The molecular formula is C9H15N3O2. The zero-order valence-electron chi connectivity index (χ0n) is 8.49. The number of nitrogens with two attached hydrogens (primary N) is 1. The van der Waals surface area contributed by atoms with E-state index in [0.29, 0.717) is 18.2 Å². The van der Waals surface area contributed by atoms with Gasteiger partial charge in [0.05, 0.1) is 18.9 Å². The number of aromatic nitrogens is 2. The van der Waals surface area contributed by atoms with E-state index in [1.165, 1.54) is 0 Å². The molecule has 5 heteroatoms. The van der Waals surface area contributed by atoms with E-state index in [4.69, 9.17) is 15.2 Å².